The lowest BCUT2D eigenvalue weighted by Crippen LogP contribution is -2.49. The van der Waals surface area contributed by atoms with Crippen molar-refractivity contribution in [2.24, 2.45) is 11.7 Å². The number of rotatable bonds is 4. The molecule has 0 radical (unpaired) electrons. The maximum absolute atomic E-state index is 12.6. The maximum Gasteiger partial charge on any atom is 0.228 e. The summed E-state index contributed by atoms with van der Waals surface area (Å²) in [4.78, 5) is 27.2. The SMILES string of the molecule is C[C@H]1CC[C@H](C(N)=O)CN1C(=O)Cc1cnn(-c2ccccc2)n1. The lowest BCUT2D eigenvalue weighted by atomic mass is 9.92. The highest BCUT2D eigenvalue weighted by molar-refractivity contribution is 5.81. The van der Waals surface area contributed by atoms with Crippen molar-refractivity contribution in [1.29, 1.82) is 0 Å². The van der Waals surface area contributed by atoms with Gasteiger partial charge in [0.25, 0.3) is 0 Å². The summed E-state index contributed by atoms with van der Waals surface area (Å²) in [5.74, 6) is -0.645. The normalized spacial score (nSPS) is 20.8. The molecule has 0 spiro atoms. The molecule has 0 aliphatic carbocycles. The van der Waals surface area contributed by atoms with Crippen molar-refractivity contribution in [3.05, 3.63) is 42.2 Å². The molecular formula is C17H21N5O2. The Morgan fingerprint density at radius 2 is 2.00 bits per heavy atom. The number of para-hydroxylation sites is 1. The van der Waals surface area contributed by atoms with E-state index in [-0.39, 0.29) is 30.2 Å². The minimum atomic E-state index is -0.338. The average Bonchev–Trinajstić information content (AvgIpc) is 3.04. The highest BCUT2D eigenvalue weighted by atomic mass is 16.2. The molecular weight excluding hydrogens is 306 g/mol. The number of likely N-dealkylation sites (tertiary alicyclic amines) is 1. The van der Waals surface area contributed by atoms with E-state index < -0.39 is 0 Å². The Balaban J connectivity index is 1.68. The molecule has 1 aromatic carbocycles. The summed E-state index contributed by atoms with van der Waals surface area (Å²) < 4.78 is 0. The molecule has 126 valence electrons. The van der Waals surface area contributed by atoms with Gasteiger partial charge in [0.05, 0.1) is 29.9 Å². The largest absolute Gasteiger partial charge is 0.369 e. The van der Waals surface area contributed by atoms with Crippen molar-refractivity contribution in [3.63, 3.8) is 0 Å². The first-order chi connectivity index (χ1) is 11.5. The molecule has 2 N–H and O–H groups in total. The minimum absolute atomic E-state index is 0.0476. The third-order valence-corrected chi connectivity index (χ3v) is 4.46. The number of primary amides is 1. The number of carbonyl (C=O) groups is 2. The third-order valence-electron chi connectivity index (χ3n) is 4.46. The Bertz CT molecular complexity index is 728. The van der Waals surface area contributed by atoms with Crippen LogP contribution in [-0.4, -0.2) is 44.3 Å². The van der Waals surface area contributed by atoms with E-state index in [1.165, 1.54) is 4.80 Å². The molecule has 2 amide bonds. The van der Waals surface area contributed by atoms with Gasteiger partial charge in [-0.05, 0) is 31.9 Å². The molecule has 3 rings (SSSR count). The van der Waals surface area contributed by atoms with E-state index in [4.69, 9.17) is 5.73 Å². The second kappa shape index (κ2) is 6.82. The molecule has 0 bridgehead atoms. The highest BCUT2D eigenvalue weighted by Crippen LogP contribution is 2.22. The van der Waals surface area contributed by atoms with Crippen LogP contribution in [0.25, 0.3) is 5.69 Å². The van der Waals surface area contributed by atoms with Crippen molar-refractivity contribution >= 4 is 11.8 Å². The fourth-order valence-electron chi connectivity index (χ4n) is 3.00. The fourth-order valence-corrected chi connectivity index (χ4v) is 3.00. The van der Waals surface area contributed by atoms with Crippen molar-refractivity contribution in [2.75, 3.05) is 6.54 Å². The van der Waals surface area contributed by atoms with Gasteiger partial charge in [-0.1, -0.05) is 18.2 Å². The summed E-state index contributed by atoms with van der Waals surface area (Å²) in [5, 5.41) is 8.57. The van der Waals surface area contributed by atoms with Crippen LogP contribution < -0.4 is 5.73 Å². The van der Waals surface area contributed by atoms with Crippen molar-refractivity contribution in [3.8, 4) is 5.69 Å². The monoisotopic (exact) mass is 327 g/mol. The van der Waals surface area contributed by atoms with Crippen LogP contribution >= 0.6 is 0 Å². The first-order valence-electron chi connectivity index (χ1n) is 8.10. The van der Waals surface area contributed by atoms with E-state index in [1.807, 2.05) is 37.3 Å². The van der Waals surface area contributed by atoms with E-state index in [0.717, 1.165) is 18.5 Å². The molecule has 24 heavy (non-hydrogen) atoms. The van der Waals surface area contributed by atoms with E-state index in [9.17, 15) is 9.59 Å². The Kier molecular flexibility index (Phi) is 4.59. The van der Waals surface area contributed by atoms with Gasteiger partial charge in [-0.3, -0.25) is 9.59 Å². The fraction of sp³-hybridized carbons (Fsp3) is 0.412. The number of amides is 2. The molecule has 7 nitrogen and oxygen atoms in total. The van der Waals surface area contributed by atoms with Crippen molar-refractivity contribution < 1.29 is 9.59 Å². The second-order valence-electron chi connectivity index (χ2n) is 6.21. The first-order valence-corrected chi connectivity index (χ1v) is 8.10. The summed E-state index contributed by atoms with van der Waals surface area (Å²) in [7, 11) is 0. The lowest BCUT2D eigenvalue weighted by molar-refractivity contribution is -0.137. The number of hydrogen-bond donors (Lipinski definition) is 1. The number of aromatic nitrogens is 3. The molecule has 1 aromatic heterocycles. The number of hydrogen-bond acceptors (Lipinski definition) is 4. The third kappa shape index (κ3) is 3.45. The van der Waals surface area contributed by atoms with Crippen LogP contribution in [0.5, 0.6) is 0 Å². The topological polar surface area (TPSA) is 94.1 Å². The Labute approximate surface area is 140 Å². The average molecular weight is 327 g/mol. The molecule has 2 heterocycles. The number of carbonyl (C=O) groups excluding carboxylic acids is 2. The van der Waals surface area contributed by atoms with Crippen LogP contribution in [0.15, 0.2) is 36.5 Å². The van der Waals surface area contributed by atoms with Gasteiger partial charge in [-0.15, -0.1) is 0 Å². The molecule has 1 saturated heterocycles. The summed E-state index contributed by atoms with van der Waals surface area (Å²) in [6.07, 6.45) is 3.30. The minimum Gasteiger partial charge on any atom is -0.369 e. The van der Waals surface area contributed by atoms with Gasteiger partial charge in [0, 0.05) is 12.6 Å². The molecule has 0 unspecified atom stereocenters. The summed E-state index contributed by atoms with van der Waals surface area (Å²) >= 11 is 0. The van der Waals surface area contributed by atoms with Crippen LogP contribution in [0.1, 0.15) is 25.5 Å². The quantitative estimate of drug-likeness (QED) is 0.903. The molecule has 2 aromatic rings. The number of nitrogens with zero attached hydrogens (tertiary/aromatic N) is 4. The van der Waals surface area contributed by atoms with Gasteiger partial charge in [-0.25, -0.2) is 0 Å². The zero-order valence-corrected chi connectivity index (χ0v) is 13.6. The van der Waals surface area contributed by atoms with Gasteiger partial charge < -0.3 is 10.6 Å². The van der Waals surface area contributed by atoms with E-state index in [2.05, 4.69) is 10.2 Å². The van der Waals surface area contributed by atoms with Gasteiger partial charge in [0.2, 0.25) is 11.8 Å². The standard InChI is InChI=1S/C17H21N5O2/c1-12-7-8-13(17(18)24)11-21(12)16(23)9-14-10-19-22(20-14)15-5-3-2-4-6-15/h2-6,10,12-13H,7-9,11H2,1H3,(H2,18,24)/t12-,13-/m0/s1. The van der Waals surface area contributed by atoms with Crippen LogP contribution in [0.4, 0.5) is 0 Å². The zero-order valence-electron chi connectivity index (χ0n) is 13.6. The van der Waals surface area contributed by atoms with Crippen molar-refractivity contribution in [1.82, 2.24) is 19.9 Å². The number of piperidine rings is 1. The predicted molar refractivity (Wildman–Crippen MR) is 88.2 cm³/mol. The number of benzene rings is 1. The second-order valence-corrected chi connectivity index (χ2v) is 6.21. The molecule has 1 aliphatic rings. The summed E-state index contributed by atoms with van der Waals surface area (Å²) in [6.45, 7) is 2.39. The number of nitrogens with two attached hydrogens (primary N) is 1. The van der Waals surface area contributed by atoms with E-state index >= 15 is 0 Å². The van der Waals surface area contributed by atoms with E-state index in [0.29, 0.717) is 12.2 Å². The molecule has 0 saturated carbocycles. The Morgan fingerprint density at radius 1 is 1.25 bits per heavy atom. The van der Waals surface area contributed by atoms with Crippen LogP contribution in [0, 0.1) is 5.92 Å². The van der Waals surface area contributed by atoms with Gasteiger partial charge >= 0.3 is 0 Å². The molecule has 1 fully saturated rings. The van der Waals surface area contributed by atoms with E-state index in [1.54, 1.807) is 11.1 Å². The Morgan fingerprint density at radius 3 is 2.71 bits per heavy atom. The molecule has 1 aliphatic heterocycles. The summed E-state index contributed by atoms with van der Waals surface area (Å²) in [6, 6.07) is 9.64. The zero-order chi connectivity index (χ0) is 17.1. The highest BCUT2D eigenvalue weighted by Gasteiger charge is 2.31. The predicted octanol–water partition coefficient (Wildman–Crippen LogP) is 0.922. The van der Waals surface area contributed by atoms with Crippen molar-refractivity contribution in [2.45, 2.75) is 32.2 Å². The smallest absolute Gasteiger partial charge is 0.228 e. The van der Waals surface area contributed by atoms with Crippen LogP contribution in [-0.2, 0) is 16.0 Å². The summed E-state index contributed by atoms with van der Waals surface area (Å²) in [5.41, 5.74) is 6.85. The lowest BCUT2D eigenvalue weighted by Gasteiger charge is -2.36. The molecule has 2 atom stereocenters. The van der Waals surface area contributed by atoms with Gasteiger partial charge in [0.15, 0.2) is 0 Å². The van der Waals surface area contributed by atoms with Gasteiger partial charge in [-0.2, -0.15) is 15.0 Å². The maximum atomic E-state index is 12.6. The van der Waals surface area contributed by atoms with Gasteiger partial charge in [0.1, 0.15) is 0 Å². The van der Waals surface area contributed by atoms with Crippen LogP contribution in [0.2, 0.25) is 0 Å². The Hall–Kier alpha value is -2.70. The molecule has 7 heteroatoms. The first kappa shape index (κ1) is 16.2. The van der Waals surface area contributed by atoms with Crippen LogP contribution in [0.3, 0.4) is 0 Å².